The third-order valence-corrected chi connectivity index (χ3v) is 1.96. The van der Waals surface area contributed by atoms with E-state index in [0.29, 0.717) is 26.2 Å². The van der Waals surface area contributed by atoms with E-state index in [1.54, 1.807) is 4.90 Å². The van der Waals surface area contributed by atoms with Gasteiger partial charge in [0, 0.05) is 26.6 Å². The SMILES string of the molecule is COCCN(CCO)CCCC(F)(F)F. The molecule has 0 aliphatic carbocycles. The number of rotatable bonds is 8. The number of aliphatic hydroxyl groups is 1. The Morgan fingerprint density at radius 3 is 2.33 bits per heavy atom. The molecule has 0 amide bonds. The van der Waals surface area contributed by atoms with Gasteiger partial charge in [-0.25, -0.2) is 0 Å². The van der Waals surface area contributed by atoms with Gasteiger partial charge in [-0.2, -0.15) is 13.2 Å². The number of nitrogens with zero attached hydrogens (tertiary/aromatic N) is 1. The summed E-state index contributed by atoms with van der Waals surface area (Å²) >= 11 is 0. The molecule has 0 saturated heterocycles. The largest absolute Gasteiger partial charge is 0.395 e. The molecule has 0 aromatic rings. The normalized spacial score (nSPS) is 12.4. The summed E-state index contributed by atoms with van der Waals surface area (Å²) in [5.74, 6) is 0. The first-order valence-corrected chi connectivity index (χ1v) is 4.88. The summed E-state index contributed by atoms with van der Waals surface area (Å²) in [5.41, 5.74) is 0. The van der Waals surface area contributed by atoms with Crippen LogP contribution in [-0.2, 0) is 4.74 Å². The van der Waals surface area contributed by atoms with Crippen molar-refractivity contribution in [3.05, 3.63) is 0 Å². The molecule has 0 spiro atoms. The first kappa shape index (κ1) is 14.7. The van der Waals surface area contributed by atoms with E-state index in [1.165, 1.54) is 7.11 Å². The topological polar surface area (TPSA) is 32.7 Å². The lowest BCUT2D eigenvalue weighted by Gasteiger charge is -2.20. The van der Waals surface area contributed by atoms with Gasteiger partial charge in [0.2, 0.25) is 0 Å². The standard InChI is InChI=1S/C9H18F3NO2/c1-15-8-6-13(5-7-14)4-2-3-9(10,11)12/h14H,2-8H2,1H3. The first-order valence-electron chi connectivity index (χ1n) is 4.88. The Labute approximate surface area is 87.8 Å². The van der Waals surface area contributed by atoms with Crippen LogP contribution in [0.3, 0.4) is 0 Å². The van der Waals surface area contributed by atoms with Gasteiger partial charge in [-0.1, -0.05) is 0 Å². The van der Waals surface area contributed by atoms with Crippen molar-refractivity contribution in [2.24, 2.45) is 0 Å². The lowest BCUT2D eigenvalue weighted by Crippen LogP contribution is -2.31. The molecule has 6 heteroatoms. The summed E-state index contributed by atoms with van der Waals surface area (Å²) < 4.78 is 40.4. The Kier molecular flexibility index (Phi) is 7.72. The van der Waals surface area contributed by atoms with Gasteiger partial charge in [0.25, 0.3) is 0 Å². The maximum absolute atomic E-state index is 11.9. The summed E-state index contributed by atoms with van der Waals surface area (Å²) in [4.78, 5) is 1.76. The quantitative estimate of drug-likeness (QED) is 0.680. The van der Waals surface area contributed by atoms with Crippen molar-refractivity contribution in [1.29, 1.82) is 0 Å². The Bertz CT molecular complexity index is 153. The van der Waals surface area contributed by atoms with Crippen molar-refractivity contribution in [2.75, 3.05) is 40.0 Å². The fraction of sp³-hybridized carbons (Fsp3) is 1.00. The van der Waals surface area contributed by atoms with E-state index in [-0.39, 0.29) is 13.0 Å². The van der Waals surface area contributed by atoms with Gasteiger partial charge in [-0.05, 0) is 13.0 Å². The summed E-state index contributed by atoms with van der Waals surface area (Å²) in [7, 11) is 1.53. The number of halogens is 3. The highest BCUT2D eigenvalue weighted by Gasteiger charge is 2.26. The Balaban J connectivity index is 3.65. The molecule has 0 aromatic carbocycles. The highest BCUT2D eigenvalue weighted by atomic mass is 19.4. The Morgan fingerprint density at radius 2 is 1.87 bits per heavy atom. The second-order valence-corrected chi connectivity index (χ2v) is 3.28. The lowest BCUT2D eigenvalue weighted by molar-refractivity contribution is -0.136. The van der Waals surface area contributed by atoms with Gasteiger partial charge in [0.15, 0.2) is 0 Å². The molecule has 0 rings (SSSR count). The summed E-state index contributed by atoms with van der Waals surface area (Å²) in [6, 6.07) is 0. The average molecular weight is 229 g/mol. The minimum Gasteiger partial charge on any atom is -0.395 e. The van der Waals surface area contributed by atoms with Crippen LogP contribution in [0.4, 0.5) is 13.2 Å². The predicted octanol–water partition coefficient (Wildman–Crippen LogP) is 1.27. The molecule has 3 nitrogen and oxygen atoms in total. The zero-order valence-electron chi connectivity index (χ0n) is 8.89. The number of alkyl halides is 3. The van der Waals surface area contributed by atoms with Crippen LogP contribution in [0.25, 0.3) is 0 Å². The van der Waals surface area contributed by atoms with Crippen LogP contribution in [0.15, 0.2) is 0 Å². The summed E-state index contributed by atoms with van der Waals surface area (Å²) in [6.07, 6.45) is -4.80. The van der Waals surface area contributed by atoms with Crippen molar-refractivity contribution in [1.82, 2.24) is 4.90 Å². The third kappa shape index (κ3) is 9.96. The lowest BCUT2D eigenvalue weighted by atomic mass is 10.3. The van der Waals surface area contributed by atoms with Crippen molar-refractivity contribution in [3.8, 4) is 0 Å². The third-order valence-electron chi connectivity index (χ3n) is 1.96. The Morgan fingerprint density at radius 1 is 1.20 bits per heavy atom. The van der Waals surface area contributed by atoms with Crippen LogP contribution < -0.4 is 0 Å². The van der Waals surface area contributed by atoms with E-state index in [2.05, 4.69) is 0 Å². The zero-order valence-corrected chi connectivity index (χ0v) is 8.89. The molecule has 92 valence electrons. The van der Waals surface area contributed by atoms with Crippen LogP contribution in [0.2, 0.25) is 0 Å². The van der Waals surface area contributed by atoms with Crippen LogP contribution in [0, 0.1) is 0 Å². The minimum atomic E-state index is -4.09. The molecule has 0 heterocycles. The van der Waals surface area contributed by atoms with Crippen LogP contribution >= 0.6 is 0 Å². The second-order valence-electron chi connectivity index (χ2n) is 3.28. The maximum Gasteiger partial charge on any atom is 0.389 e. The molecular weight excluding hydrogens is 211 g/mol. The zero-order chi connectivity index (χ0) is 11.7. The van der Waals surface area contributed by atoms with Gasteiger partial charge in [-0.3, -0.25) is 4.90 Å². The molecule has 0 saturated carbocycles. The molecule has 0 aromatic heterocycles. The highest BCUT2D eigenvalue weighted by molar-refractivity contribution is 4.59. The second kappa shape index (κ2) is 7.90. The van der Waals surface area contributed by atoms with Crippen LogP contribution in [0.5, 0.6) is 0 Å². The van der Waals surface area contributed by atoms with Crippen molar-refractivity contribution < 1.29 is 23.0 Å². The fourth-order valence-electron chi connectivity index (χ4n) is 1.20. The molecule has 0 radical (unpaired) electrons. The van der Waals surface area contributed by atoms with Gasteiger partial charge in [0.05, 0.1) is 13.2 Å². The number of aliphatic hydroxyl groups excluding tert-OH is 1. The van der Waals surface area contributed by atoms with Crippen LogP contribution in [0.1, 0.15) is 12.8 Å². The fourth-order valence-corrected chi connectivity index (χ4v) is 1.20. The minimum absolute atomic E-state index is 0.0459. The van der Waals surface area contributed by atoms with E-state index in [0.717, 1.165) is 0 Å². The molecule has 0 fully saturated rings. The molecule has 0 atom stereocenters. The van der Waals surface area contributed by atoms with Crippen molar-refractivity contribution in [3.63, 3.8) is 0 Å². The number of hydrogen-bond donors (Lipinski definition) is 1. The van der Waals surface area contributed by atoms with E-state index in [1.807, 2.05) is 0 Å². The van der Waals surface area contributed by atoms with E-state index in [4.69, 9.17) is 9.84 Å². The molecule has 0 bridgehead atoms. The van der Waals surface area contributed by atoms with Gasteiger partial charge < -0.3 is 9.84 Å². The van der Waals surface area contributed by atoms with E-state index in [9.17, 15) is 13.2 Å². The van der Waals surface area contributed by atoms with Gasteiger partial charge in [0.1, 0.15) is 0 Å². The van der Waals surface area contributed by atoms with Crippen LogP contribution in [-0.4, -0.2) is 56.1 Å². The molecule has 0 aliphatic heterocycles. The van der Waals surface area contributed by atoms with Crippen molar-refractivity contribution in [2.45, 2.75) is 19.0 Å². The monoisotopic (exact) mass is 229 g/mol. The van der Waals surface area contributed by atoms with Gasteiger partial charge >= 0.3 is 6.18 Å². The summed E-state index contributed by atoms with van der Waals surface area (Å²) in [6.45, 7) is 1.70. The smallest absolute Gasteiger partial charge is 0.389 e. The maximum atomic E-state index is 11.9. The molecule has 15 heavy (non-hydrogen) atoms. The van der Waals surface area contributed by atoms with E-state index >= 15 is 0 Å². The molecule has 0 unspecified atom stereocenters. The molecular formula is C9H18F3NO2. The summed E-state index contributed by atoms with van der Waals surface area (Å²) in [5, 5.41) is 8.69. The Hall–Kier alpha value is -0.330. The molecule has 0 aliphatic rings. The number of hydrogen-bond acceptors (Lipinski definition) is 3. The van der Waals surface area contributed by atoms with Crippen molar-refractivity contribution >= 4 is 0 Å². The highest BCUT2D eigenvalue weighted by Crippen LogP contribution is 2.21. The van der Waals surface area contributed by atoms with Gasteiger partial charge in [-0.15, -0.1) is 0 Å². The average Bonchev–Trinajstić information content (AvgIpc) is 2.12. The first-order chi connectivity index (χ1) is 6.99. The number of methoxy groups -OCH3 is 1. The predicted molar refractivity (Wildman–Crippen MR) is 50.7 cm³/mol. The van der Waals surface area contributed by atoms with E-state index < -0.39 is 12.6 Å². The number of ether oxygens (including phenoxy) is 1. The molecule has 1 N–H and O–H groups in total.